The first-order valence-corrected chi connectivity index (χ1v) is 11.2. The summed E-state index contributed by atoms with van der Waals surface area (Å²) in [6.45, 7) is 4.60. The highest BCUT2D eigenvalue weighted by Crippen LogP contribution is 2.17. The summed E-state index contributed by atoms with van der Waals surface area (Å²) in [4.78, 5) is 25.0. The first-order chi connectivity index (χ1) is 16.0. The number of hydrogen-bond donors (Lipinski definition) is 3. The zero-order valence-corrected chi connectivity index (χ0v) is 19.5. The summed E-state index contributed by atoms with van der Waals surface area (Å²) in [5.41, 5.74) is 3.34. The van der Waals surface area contributed by atoms with Crippen molar-refractivity contribution in [2.75, 3.05) is 17.2 Å². The highest BCUT2D eigenvalue weighted by molar-refractivity contribution is 7.80. The Labute approximate surface area is 199 Å². The molecule has 3 aromatic rings. The van der Waals surface area contributed by atoms with Crippen LogP contribution in [0.25, 0.3) is 0 Å². The fraction of sp³-hybridized carbons (Fsp3) is 0.192. The fourth-order valence-corrected chi connectivity index (χ4v) is 3.27. The van der Waals surface area contributed by atoms with Crippen LogP contribution in [0.2, 0.25) is 0 Å². The molecule has 0 heterocycles. The minimum atomic E-state index is -0.324. The Morgan fingerprint density at radius 3 is 2.27 bits per heavy atom. The molecule has 0 unspecified atom stereocenters. The lowest BCUT2D eigenvalue weighted by Gasteiger charge is -2.12. The van der Waals surface area contributed by atoms with Crippen molar-refractivity contribution in [3.63, 3.8) is 0 Å². The van der Waals surface area contributed by atoms with Crippen molar-refractivity contribution < 1.29 is 14.3 Å². The second-order valence-corrected chi connectivity index (χ2v) is 7.89. The maximum absolute atomic E-state index is 12.5. The van der Waals surface area contributed by atoms with Gasteiger partial charge in [-0.05, 0) is 79.7 Å². The molecule has 3 aromatic carbocycles. The average molecular weight is 462 g/mol. The molecule has 0 aliphatic rings. The van der Waals surface area contributed by atoms with Crippen LogP contribution in [0.3, 0.4) is 0 Å². The number of nitrogens with one attached hydrogen (secondary N) is 3. The second kappa shape index (κ2) is 11.8. The molecular weight excluding hydrogens is 434 g/mol. The van der Waals surface area contributed by atoms with Crippen molar-refractivity contribution in [2.45, 2.75) is 26.7 Å². The first-order valence-electron chi connectivity index (χ1n) is 10.8. The largest absolute Gasteiger partial charge is 0.494 e. The summed E-state index contributed by atoms with van der Waals surface area (Å²) in [7, 11) is 0. The Morgan fingerprint density at radius 2 is 1.58 bits per heavy atom. The summed E-state index contributed by atoms with van der Waals surface area (Å²) in [5.74, 6) is 0.159. The molecule has 0 atom stereocenters. The van der Waals surface area contributed by atoms with Crippen LogP contribution >= 0.6 is 12.2 Å². The van der Waals surface area contributed by atoms with Gasteiger partial charge in [0.15, 0.2) is 5.11 Å². The van der Waals surface area contributed by atoms with Crippen molar-refractivity contribution >= 4 is 40.5 Å². The van der Waals surface area contributed by atoms with E-state index in [0.717, 1.165) is 18.4 Å². The third-order valence-electron chi connectivity index (χ3n) is 4.88. The molecule has 0 saturated carbocycles. The molecule has 0 fully saturated rings. The van der Waals surface area contributed by atoms with Crippen LogP contribution in [0.5, 0.6) is 5.75 Å². The number of carbonyl (C=O) groups excluding carboxylic acids is 2. The van der Waals surface area contributed by atoms with Crippen molar-refractivity contribution in [2.24, 2.45) is 0 Å². The highest BCUT2D eigenvalue weighted by Gasteiger charge is 2.11. The Bertz CT molecular complexity index is 1130. The standard InChI is InChI=1S/C26H27N3O3S/c1-3-4-16-32-22-10-7-9-19(17-22)24(30)29-26(33)28-21-14-12-20(13-15-21)27-25(31)23-11-6-5-8-18(23)2/h5-15,17H,3-4,16H2,1-2H3,(H,27,31)(H2,28,29,30,33). The van der Waals surface area contributed by atoms with E-state index < -0.39 is 0 Å². The Kier molecular flexibility index (Phi) is 8.55. The zero-order valence-electron chi connectivity index (χ0n) is 18.7. The summed E-state index contributed by atoms with van der Waals surface area (Å²) in [6, 6.07) is 21.5. The number of benzene rings is 3. The summed E-state index contributed by atoms with van der Waals surface area (Å²) >= 11 is 5.27. The van der Waals surface area contributed by atoms with E-state index in [0.29, 0.717) is 34.9 Å². The van der Waals surface area contributed by atoms with Crippen LogP contribution in [-0.4, -0.2) is 23.5 Å². The van der Waals surface area contributed by atoms with Crippen LogP contribution in [0.15, 0.2) is 72.8 Å². The first kappa shape index (κ1) is 23.9. The van der Waals surface area contributed by atoms with Crippen molar-refractivity contribution in [3.8, 4) is 5.75 Å². The third kappa shape index (κ3) is 7.15. The monoisotopic (exact) mass is 461 g/mol. The zero-order chi connectivity index (χ0) is 23.6. The van der Waals surface area contributed by atoms with E-state index >= 15 is 0 Å². The van der Waals surface area contributed by atoms with Crippen LogP contribution in [0.1, 0.15) is 46.0 Å². The molecule has 3 N–H and O–H groups in total. The van der Waals surface area contributed by atoms with Gasteiger partial charge >= 0.3 is 0 Å². The van der Waals surface area contributed by atoms with E-state index in [1.54, 1.807) is 48.5 Å². The highest BCUT2D eigenvalue weighted by atomic mass is 32.1. The van der Waals surface area contributed by atoms with E-state index in [1.807, 2.05) is 31.2 Å². The number of thiocarbonyl (C=S) groups is 1. The van der Waals surface area contributed by atoms with Crippen LogP contribution in [0.4, 0.5) is 11.4 Å². The molecule has 3 rings (SSSR count). The van der Waals surface area contributed by atoms with Gasteiger partial charge in [0, 0.05) is 22.5 Å². The number of carbonyl (C=O) groups is 2. The summed E-state index contributed by atoms with van der Waals surface area (Å²) < 4.78 is 5.65. The smallest absolute Gasteiger partial charge is 0.257 e. The topological polar surface area (TPSA) is 79.5 Å². The van der Waals surface area contributed by atoms with Gasteiger partial charge < -0.3 is 15.4 Å². The van der Waals surface area contributed by atoms with Gasteiger partial charge in [0.05, 0.1) is 6.61 Å². The average Bonchev–Trinajstić information content (AvgIpc) is 2.81. The molecule has 2 amide bonds. The van der Waals surface area contributed by atoms with Crippen LogP contribution in [0, 0.1) is 6.92 Å². The van der Waals surface area contributed by atoms with Crippen molar-refractivity contribution in [3.05, 3.63) is 89.5 Å². The third-order valence-corrected chi connectivity index (χ3v) is 5.08. The summed E-state index contributed by atoms with van der Waals surface area (Å²) in [5, 5.41) is 8.70. The van der Waals surface area contributed by atoms with Gasteiger partial charge in [0.25, 0.3) is 11.8 Å². The molecule has 0 saturated heterocycles. The predicted octanol–water partition coefficient (Wildman–Crippen LogP) is 5.55. The van der Waals surface area contributed by atoms with Gasteiger partial charge in [0.1, 0.15) is 5.75 Å². The molecule has 0 bridgehead atoms. The quantitative estimate of drug-likeness (QED) is 0.303. The molecule has 0 radical (unpaired) electrons. The molecule has 7 heteroatoms. The van der Waals surface area contributed by atoms with Crippen LogP contribution < -0.4 is 20.7 Å². The van der Waals surface area contributed by atoms with Gasteiger partial charge in [-0.1, -0.05) is 37.6 Å². The number of ether oxygens (including phenoxy) is 1. The fourth-order valence-electron chi connectivity index (χ4n) is 3.06. The molecule has 0 aliphatic carbocycles. The Balaban J connectivity index is 1.53. The lowest BCUT2D eigenvalue weighted by atomic mass is 10.1. The Morgan fingerprint density at radius 1 is 0.879 bits per heavy atom. The molecule has 6 nitrogen and oxygen atoms in total. The van der Waals surface area contributed by atoms with E-state index in [2.05, 4.69) is 22.9 Å². The maximum Gasteiger partial charge on any atom is 0.257 e. The SMILES string of the molecule is CCCCOc1cccc(C(=O)NC(=S)Nc2ccc(NC(=O)c3ccccc3C)cc2)c1. The second-order valence-electron chi connectivity index (χ2n) is 7.48. The molecule has 0 spiro atoms. The number of anilines is 2. The molecular formula is C26H27N3O3S. The van der Waals surface area contributed by atoms with Crippen LogP contribution in [-0.2, 0) is 0 Å². The molecule has 170 valence electrons. The minimum Gasteiger partial charge on any atom is -0.494 e. The van der Waals surface area contributed by atoms with E-state index in [4.69, 9.17) is 17.0 Å². The summed E-state index contributed by atoms with van der Waals surface area (Å²) in [6.07, 6.45) is 2.00. The predicted molar refractivity (Wildman–Crippen MR) is 136 cm³/mol. The van der Waals surface area contributed by atoms with Gasteiger partial charge in [-0.25, -0.2) is 0 Å². The van der Waals surface area contributed by atoms with Crippen molar-refractivity contribution in [1.29, 1.82) is 0 Å². The number of aryl methyl sites for hydroxylation is 1. The minimum absolute atomic E-state index is 0.169. The maximum atomic E-state index is 12.5. The lowest BCUT2D eigenvalue weighted by Crippen LogP contribution is -2.34. The van der Waals surface area contributed by atoms with Gasteiger partial charge in [-0.2, -0.15) is 0 Å². The van der Waals surface area contributed by atoms with Gasteiger partial charge in [-0.3, -0.25) is 14.9 Å². The molecule has 33 heavy (non-hydrogen) atoms. The van der Waals surface area contributed by atoms with Gasteiger partial charge in [-0.15, -0.1) is 0 Å². The number of amides is 2. The van der Waals surface area contributed by atoms with E-state index in [-0.39, 0.29) is 16.9 Å². The van der Waals surface area contributed by atoms with E-state index in [1.165, 1.54) is 0 Å². The van der Waals surface area contributed by atoms with Gasteiger partial charge in [0.2, 0.25) is 0 Å². The normalized spacial score (nSPS) is 10.2. The Hall–Kier alpha value is -3.71. The molecule has 0 aromatic heterocycles. The number of unbranched alkanes of at least 4 members (excludes halogenated alkanes) is 1. The molecule has 0 aliphatic heterocycles. The number of hydrogen-bond acceptors (Lipinski definition) is 4. The van der Waals surface area contributed by atoms with E-state index in [9.17, 15) is 9.59 Å². The van der Waals surface area contributed by atoms with Crippen molar-refractivity contribution in [1.82, 2.24) is 5.32 Å². The lowest BCUT2D eigenvalue weighted by molar-refractivity contribution is 0.0975. The number of rotatable bonds is 8.